The van der Waals surface area contributed by atoms with Gasteiger partial charge in [-0.2, -0.15) is 0 Å². The van der Waals surface area contributed by atoms with Gasteiger partial charge in [0.1, 0.15) is 15.3 Å². The summed E-state index contributed by atoms with van der Waals surface area (Å²) in [6, 6.07) is 7.51. The number of carbonyl (C=O) groups is 1. The average Bonchev–Trinajstić information content (AvgIpc) is 2.86. The van der Waals surface area contributed by atoms with Gasteiger partial charge in [0.2, 0.25) is 0 Å². The molecule has 4 rings (SSSR count). The SMILES string of the molecule is CCOC(=O)C(C)(C)SCC[C@@H]1OCC[C@@]2(S(=O)(=O)c3ccc(Cl)cc3)c3c(F)ccc(F)c3OC[C@@H]12. The third-order valence-corrected chi connectivity index (χ3v) is 11.1. The fourth-order valence-electron chi connectivity index (χ4n) is 5.13. The molecular weight excluding hydrogens is 546 g/mol. The molecule has 0 aromatic heterocycles. The Morgan fingerprint density at radius 1 is 1.19 bits per heavy atom. The van der Waals surface area contributed by atoms with Gasteiger partial charge in [0.15, 0.2) is 21.4 Å². The van der Waals surface area contributed by atoms with Gasteiger partial charge in [-0.05, 0) is 75.8 Å². The van der Waals surface area contributed by atoms with Crippen molar-refractivity contribution < 1.29 is 36.2 Å². The molecule has 2 heterocycles. The van der Waals surface area contributed by atoms with Crippen LogP contribution in [0.3, 0.4) is 0 Å². The molecule has 37 heavy (non-hydrogen) atoms. The Morgan fingerprint density at radius 2 is 1.86 bits per heavy atom. The molecule has 1 saturated heterocycles. The van der Waals surface area contributed by atoms with Crippen molar-refractivity contribution >= 4 is 39.2 Å². The van der Waals surface area contributed by atoms with Crippen molar-refractivity contribution in [3.63, 3.8) is 0 Å². The lowest BCUT2D eigenvalue weighted by Gasteiger charge is -2.50. The van der Waals surface area contributed by atoms with Crippen LogP contribution < -0.4 is 4.74 Å². The number of benzene rings is 2. The lowest BCUT2D eigenvalue weighted by molar-refractivity contribution is -0.145. The van der Waals surface area contributed by atoms with Crippen LogP contribution in [-0.4, -0.2) is 50.8 Å². The summed E-state index contributed by atoms with van der Waals surface area (Å²) in [5, 5.41) is 0.351. The first-order chi connectivity index (χ1) is 17.5. The number of rotatable bonds is 8. The van der Waals surface area contributed by atoms with Crippen LogP contribution in [0, 0.1) is 17.6 Å². The topological polar surface area (TPSA) is 78.9 Å². The van der Waals surface area contributed by atoms with Crippen LogP contribution in [0.15, 0.2) is 41.3 Å². The van der Waals surface area contributed by atoms with Crippen molar-refractivity contribution in [2.45, 2.75) is 54.1 Å². The van der Waals surface area contributed by atoms with Crippen molar-refractivity contribution in [2.24, 2.45) is 5.92 Å². The smallest absolute Gasteiger partial charge is 0.321 e. The van der Waals surface area contributed by atoms with E-state index in [-0.39, 0.29) is 48.4 Å². The summed E-state index contributed by atoms with van der Waals surface area (Å²) in [7, 11) is -4.27. The van der Waals surface area contributed by atoms with Crippen LogP contribution in [0.2, 0.25) is 5.02 Å². The molecule has 0 spiro atoms. The number of hydrogen-bond donors (Lipinski definition) is 0. The first-order valence-corrected chi connectivity index (χ1v) is 14.8. The molecule has 2 aromatic carbocycles. The summed E-state index contributed by atoms with van der Waals surface area (Å²) in [6.07, 6.45) is -0.347. The van der Waals surface area contributed by atoms with E-state index >= 15 is 4.39 Å². The highest BCUT2D eigenvalue weighted by Gasteiger charge is 2.61. The molecule has 0 aliphatic carbocycles. The van der Waals surface area contributed by atoms with E-state index in [0.29, 0.717) is 17.2 Å². The van der Waals surface area contributed by atoms with Crippen LogP contribution >= 0.6 is 23.4 Å². The number of thioether (sulfide) groups is 1. The summed E-state index contributed by atoms with van der Waals surface area (Å²) >= 11 is 7.35. The minimum Gasteiger partial charge on any atom is -0.490 e. The number of carbonyl (C=O) groups excluding carboxylic acids is 1. The summed E-state index contributed by atoms with van der Waals surface area (Å²) in [5.41, 5.74) is -0.300. The van der Waals surface area contributed by atoms with Gasteiger partial charge in [0.25, 0.3) is 0 Å². The molecule has 202 valence electrons. The second kappa shape index (κ2) is 10.7. The Hall–Kier alpha value is -1.88. The maximum atomic E-state index is 15.4. The molecule has 2 aromatic rings. The van der Waals surface area contributed by atoms with E-state index in [1.54, 1.807) is 20.8 Å². The summed E-state index contributed by atoms with van der Waals surface area (Å²) in [6.45, 7) is 5.36. The third-order valence-electron chi connectivity index (χ3n) is 6.98. The van der Waals surface area contributed by atoms with Crippen LogP contribution in [-0.2, 0) is 28.9 Å². The van der Waals surface area contributed by atoms with Gasteiger partial charge in [-0.25, -0.2) is 17.2 Å². The number of halogens is 3. The summed E-state index contributed by atoms with van der Waals surface area (Å²) in [4.78, 5) is 12.2. The first kappa shape index (κ1) is 28.1. The van der Waals surface area contributed by atoms with E-state index < -0.39 is 43.0 Å². The molecule has 3 atom stereocenters. The molecule has 0 bridgehead atoms. The van der Waals surface area contributed by atoms with Crippen molar-refractivity contribution in [1.29, 1.82) is 0 Å². The number of fused-ring (bicyclic) bond motifs is 3. The molecule has 1 fully saturated rings. The summed E-state index contributed by atoms with van der Waals surface area (Å²) in [5.74, 6) is -2.78. The van der Waals surface area contributed by atoms with E-state index in [9.17, 15) is 17.6 Å². The van der Waals surface area contributed by atoms with Gasteiger partial charge in [0, 0.05) is 17.5 Å². The van der Waals surface area contributed by atoms with Crippen molar-refractivity contribution in [3.05, 3.63) is 58.6 Å². The van der Waals surface area contributed by atoms with Crippen LogP contribution in [0.4, 0.5) is 8.78 Å². The van der Waals surface area contributed by atoms with E-state index in [1.807, 2.05) is 0 Å². The monoisotopic (exact) mass is 574 g/mol. The molecule has 0 N–H and O–H groups in total. The number of esters is 1. The highest BCUT2D eigenvalue weighted by atomic mass is 35.5. The highest BCUT2D eigenvalue weighted by Crippen LogP contribution is 2.56. The lowest BCUT2D eigenvalue weighted by atomic mass is 9.75. The van der Waals surface area contributed by atoms with Gasteiger partial charge >= 0.3 is 5.97 Å². The zero-order valence-electron chi connectivity index (χ0n) is 20.8. The average molecular weight is 575 g/mol. The highest BCUT2D eigenvalue weighted by molar-refractivity contribution is 8.01. The largest absolute Gasteiger partial charge is 0.490 e. The quantitative estimate of drug-likeness (QED) is 0.382. The molecular formula is C26H29ClF2O6S2. The molecule has 0 radical (unpaired) electrons. The van der Waals surface area contributed by atoms with Crippen molar-refractivity contribution in [3.8, 4) is 5.75 Å². The normalized spacial score (nSPS) is 23.5. The number of ether oxygens (including phenoxy) is 3. The number of hydrogen-bond acceptors (Lipinski definition) is 7. The fraction of sp³-hybridized carbons (Fsp3) is 0.500. The van der Waals surface area contributed by atoms with Gasteiger partial charge in [-0.1, -0.05) is 11.6 Å². The van der Waals surface area contributed by atoms with Crippen LogP contribution in [0.5, 0.6) is 5.75 Å². The molecule has 0 unspecified atom stereocenters. The second-order valence-corrected chi connectivity index (χ2v) is 13.9. The van der Waals surface area contributed by atoms with E-state index in [1.165, 1.54) is 36.0 Å². The van der Waals surface area contributed by atoms with Gasteiger partial charge in [-0.3, -0.25) is 4.79 Å². The molecule has 11 heteroatoms. The van der Waals surface area contributed by atoms with Crippen molar-refractivity contribution in [2.75, 3.05) is 25.6 Å². The van der Waals surface area contributed by atoms with E-state index in [0.717, 1.165) is 12.1 Å². The van der Waals surface area contributed by atoms with E-state index in [2.05, 4.69) is 0 Å². The molecule has 0 amide bonds. The minimum atomic E-state index is -4.27. The standard InChI is InChI=1S/C26H29ClF2O6S2/c1-4-33-24(30)25(2,3)36-14-11-21-18-15-35-23-20(29)10-9-19(28)22(23)26(18,12-13-34-21)37(31,32)17-7-5-16(27)6-8-17/h5-10,18,21H,4,11-15H2,1-3H3/t18-,21-,26-/m0/s1. The second-order valence-electron chi connectivity index (χ2n) is 9.52. The minimum absolute atomic E-state index is 0.0231. The van der Waals surface area contributed by atoms with Gasteiger partial charge in [-0.15, -0.1) is 11.8 Å². The Bertz CT molecular complexity index is 1270. The Balaban J connectivity index is 1.75. The Labute approximate surface area is 224 Å². The zero-order chi connectivity index (χ0) is 27.0. The van der Waals surface area contributed by atoms with Crippen LogP contribution in [0.25, 0.3) is 0 Å². The van der Waals surface area contributed by atoms with Crippen LogP contribution in [0.1, 0.15) is 39.2 Å². The molecule has 2 aliphatic rings. The first-order valence-electron chi connectivity index (χ1n) is 12.0. The molecule has 6 nitrogen and oxygen atoms in total. The van der Waals surface area contributed by atoms with E-state index in [4.69, 9.17) is 25.8 Å². The summed E-state index contributed by atoms with van der Waals surface area (Å²) < 4.78 is 73.1. The van der Waals surface area contributed by atoms with Gasteiger partial charge < -0.3 is 14.2 Å². The zero-order valence-corrected chi connectivity index (χ0v) is 23.2. The maximum Gasteiger partial charge on any atom is 0.321 e. The third kappa shape index (κ3) is 4.97. The molecule has 0 saturated carbocycles. The van der Waals surface area contributed by atoms with Gasteiger partial charge in [0.05, 0.1) is 29.8 Å². The fourth-order valence-corrected chi connectivity index (χ4v) is 8.64. The predicted molar refractivity (Wildman–Crippen MR) is 138 cm³/mol. The maximum absolute atomic E-state index is 15.4. The molecule has 2 aliphatic heterocycles. The van der Waals surface area contributed by atoms with Crippen molar-refractivity contribution in [1.82, 2.24) is 0 Å². The number of sulfone groups is 1. The Kier molecular flexibility index (Phi) is 8.14. The predicted octanol–water partition coefficient (Wildman–Crippen LogP) is 5.55. The Morgan fingerprint density at radius 3 is 2.54 bits per heavy atom. The lowest BCUT2D eigenvalue weighted by Crippen LogP contribution is -2.57.